The molecule has 0 aliphatic carbocycles. The highest BCUT2D eigenvalue weighted by Gasteiger charge is 2.17. The lowest BCUT2D eigenvalue weighted by Crippen LogP contribution is -2.45. The van der Waals surface area contributed by atoms with Crippen LogP contribution in [-0.2, 0) is 18.2 Å². The van der Waals surface area contributed by atoms with Crippen molar-refractivity contribution < 1.29 is 4.74 Å². The Hall–Kier alpha value is -0.980. The zero-order valence-corrected chi connectivity index (χ0v) is 8.77. The largest absolute Gasteiger partial charge is 0.380 e. The Morgan fingerprint density at radius 2 is 2.43 bits per heavy atom. The van der Waals surface area contributed by atoms with E-state index in [0.29, 0.717) is 6.42 Å². The summed E-state index contributed by atoms with van der Waals surface area (Å²) in [6.07, 6.45) is 2.26. The molecule has 0 spiro atoms. The summed E-state index contributed by atoms with van der Waals surface area (Å²) in [5, 5.41) is 3.99. The molecule has 1 heterocycles. The first-order valence-corrected chi connectivity index (χ1v) is 4.50. The van der Waals surface area contributed by atoms with E-state index in [1.165, 1.54) is 6.33 Å². The van der Waals surface area contributed by atoms with E-state index >= 15 is 0 Å². The van der Waals surface area contributed by atoms with Crippen molar-refractivity contribution in [3.05, 3.63) is 12.2 Å². The minimum Gasteiger partial charge on any atom is -0.380 e. The number of methoxy groups -OCH3 is 1. The number of hydrogen-bond donors (Lipinski definition) is 2. The molecule has 0 saturated heterocycles. The maximum atomic E-state index is 5.43. The number of ether oxygens (including phenoxy) is 1. The van der Waals surface area contributed by atoms with Crippen LogP contribution < -0.4 is 11.3 Å². The van der Waals surface area contributed by atoms with Crippen molar-refractivity contribution >= 4 is 0 Å². The van der Waals surface area contributed by atoms with Crippen LogP contribution in [0.15, 0.2) is 6.33 Å². The fourth-order valence-electron chi connectivity index (χ4n) is 1.23. The molecule has 6 nitrogen and oxygen atoms in total. The molecule has 14 heavy (non-hydrogen) atoms. The molecule has 0 amide bonds. The number of aryl methyl sites for hydroxylation is 1. The van der Waals surface area contributed by atoms with Gasteiger partial charge in [0.25, 0.3) is 0 Å². The van der Waals surface area contributed by atoms with E-state index in [9.17, 15) is 0 Å². The summed E-state index contributed by atoms with van der Waals surface area (Å²) in [5.74, 6) is 6.31. The van der Waals surface area contributed by atoms with Gasteiger partial charge in [0, 0.05) is 20.6 Å². The van der Waals surface area contributed by atoms with Crippen LogP contribution in [0.25, 0.3) is 0 Å². The van der Waals surface area contributed by atoms with Gasteiger partial charge in [-0.15, -0.1) is 0 Å². The van der Waals surface area contributed by atoms with E-state index in [1.807, 2.05) is 14.0 Å². The lowest BCUT2D eigenvalue weighted by atomic mass is 10.1. The van der Waals surface area contributed by atoms with Crippen LogP contribution in [-0.4, -0.2) is 34.0 Å². The van der Waals surface area contributed by atoms with Gasteiger partial charge >= 0.3 is 0 Å². The van der Waals surface area contributed by atoms with Gasteiger partial charge in [-0.2, -0.15) is 5.10 Å². The van der Waals surface area contributed by atoms with Gasteiger partial charge in [-0.05, 0) is 6.92 Å². The Bertz CT molecular complexity index is 274. The molecule has 0 aliphatic heterocycles. The molecule has 0 fully saturated rings. The molecule has 6 heteroatoms. The van der Waals surface area contributed by atoms with E-state index in [2.05, 4.69) is 15.5 Å². The fraction of sp³-hybridized carbons (Fsp3) is 0.750. The molecule has 1 aromatic heterocycles. The van der Waals surface area contributed by atoms with Gasteiger partial charge in [0.05, 0.1) is 12.1 Å². The molecule has 0 bridgehead atoms. The number of hydrogen-bond acceptors (Lipinski definition) is 5. The Morgan fingerprint density at radius 3 is 2.86 bits per heavy atom. The van der Waals surface area contributed by atoms with E-state index < -0.39 is 0 Å². The molecule has 0 aromatic carbocycles. The van der Waals surface area contributed by atoms with Gasteiger partial charge in [0.1, 0.15) is 12.2 Å². The third-order valence-electron chi connectivity index (χ3n) is 2.36. The molecule has 1 rings (SSSR count). The summed E-state index contributed by atoms with van der Waals surface area (Å²) in [6, 6.07) is 0.0444. The van der Waals surface area contributed by atoms with E-state index in [4.69, 9.17) is 10.6 Å². The highest BCUT2D eigenvalue weighted by molar-refractivity contribution is 4.90. The summed E-state index contributed by atoms with van der Waals surface area (Å²) < 4.78 is 6.92. The second kappa shape index (κ2) is 5.04. The zero-order chi connectivity index (χ0) is 10.6. The van der Waals surface area contributed by atoms with E-state index in [-0.39, 0.29) is 12.1 Å². The fourth-order valence-corrected chi connectivity index (χ4v) is 1.23. The van der Waals surface area contributed by atoms with Crippen LogP contribution in [0.4, 0.5) is 0 Å². The number of hydrazine groups is 1. The maximum absolute atomic E-state index is 5.43. The van der Waals surface area contributed by atoms with Gasteiger partial charge in [-0.3, -0.25) is 16.0 Å². The first-order valence-electron chi connectivity index (χ1n) is 4.50. The lowest BCUT2D eigenvalue weighted by molar-refractivity contribution is 0.0822. The summed E-state index contributed by atoms with van der Waals surface area (Å²) in [6.45, 7) is 1.96. The Kier molecular flexibility index (Phi) is 3.99. The summed E-state index contributed by atoms with van der Waals surface area (Å²) in [5.41, 5.74) is 2.71. The zero-order valence-electron chi connectivity index (χ0n) is 8.77. The second-order valence-electron chi connectivity index (χ2n) is 3.22. The van der Waals surface area contributed by atoms with Crippen LogP contribution in [0, 0.1) is 0 Å². The van der Waals surface area contributed by atoms with Crippen LogP contribution in [0.2, 0.25) is 0 Å². The van der Waals surface area contributed by atoms with Crippen molar-refractivity contribution in [2.24, 2.45) is 12.9 Å². The van der Waals surface area contributed by atoms with Crippen molar-refractivity contribution in [1.29, 1.82) is 0 Å². The second-order valence-corrected chi connectivity index (χ2v) is 3.22. The normalized spacial score (nSPS) is 15.4. The average Bonchev–Trinajstić information content (AvgIpc) is 2.59. The van der Waals surface area contributed by atoms with Crippen molar-refractivity contribution in [1.82, 2.24) is 20.2 Å². The highest BCUT2D eigenvalue weighted by Crippen LogP contribution is 2.03. The lowest BCUT2D eigenvalue weighted by Gasteiger charge is -2.21. The Morgan fingerprint density at radius 1 is 1.71 bits per heavy atom. The number of nitrogens with one attached hydrogen (secondary N) is 1. The van der Waals surface area contributed by atoms with Gasteiger partial charge in [0.2, 0.25) is 0 Å². The number of nitrogens with two attached hydrogens (primary N) is 1. The average molecular weight is 199 g/mol. The van der Waals surface area contributed by atoms with Gasteiger partial charge < -0.3 is 4.74 Å². The molecule has 1 aromatic rings. The molecule has 2 unspecified atom stereocenters. The van der Waals surface area contributed by atoms with Crippen LogP contribution in [0.5, 0.6) is 0 Å². The minimum atomic E-state index is 0.0386. The number of rotatable bonds is 5. The molecular weight excluding hydrogens is 182 g/mol. The third kappa shape index (κ3) is 2.50. The monoisotopic (exact) mass is 199 g/mol. The molecule has 3 N–H and O–H groups in total. The van der Waals surface area contributed by atoms with Crippen molar-refractivity contribution in [2.75, 3.05) is 7.11 Å². The van der Waals surface area contributed by atoms with E-state index in [1.54, 1.807) is 11.8 Å². The Labute approximate surface area is 83.4 Å². The molecule has 2 atom stereocenters. The summed E-state index contributed by atoms with van der Waals surface area (Å²) in [4.78, 5) is 4.12. The van der Waals surface area contributed by atoms with Crippen LogP contribution >= 0.6 is 0 Å². The first-order chi connectivity index (χ1) is 6.69. The predicted octanol–water partition coefficient (Wildman–Crippen LogP) is -0.776. The predicted molar refractivity (Wildman–Crippen MR) is 52.3 cm³/mol. The molecule has 80 valence electrons. The first kappa shape index (κ1) is 11.1. The summed E-state index contributed by atoms with van der Waals surface area (Å²) >= 11 is 0. The molecule has 0 saturated carbocycles. The van der Waals surface area contributed by atoms with Gasteiger partial charge in [-0.1, -0.05) is 0 Å². The number of nitrogens with zero attached hydrogens (tertiary/aromatic N) is 3. The van der Waals surface area contributed by atoms with Crippen LogP contribution in [0.1, 0.15) is 12.7 Å². The SMILES string of the molecule is COC(C)C(Cc1ncnn1C)NN. The van der Waals surface area contributed by atoms with Crippen molar-refractivity contribution in [3.63, 3.8) is 0 Å². The molecule has 0 radical (unpaired) electrons. The van der Waals surface area contributed by atoms with Crippen molar-refractivity contribution in [3.8, 4) is 0 Å². The van der Waals surface area contributed by atoms with Crippen molar-refractivity contribution in [2.45, 2.75) is 25.5 Å². The van der Waals surface area contributed by atoms with E-state index in [0.717, 1.165) is 5.82 Å². The minimum absolute atomic E-state index is 0.0386. The van der Waals surface area contributed by atoms with Gasteiger partial charge in [0.15, 0.2) is 0 Å². The topological polar surface area (TPSA) is 78.0 Å². The highest BCUT2D eigenvalue weighted by atomic mass is 16.5. The third-order valence-corrected chi connectivity index (χ3v) is 2.36. The summed E-state index contributed by atoms with van der Waals surface area (Å²) in [7, 11) is 3.51. The standard InChI is InChI=1S/C8H17N5O/c1-6(14-3)7(12-9)4-8-10-5-11-13(8)2/h5-7,12H,4,9H2,1-3H3. The Balaban J connectivity index is 2.61. The smallest absolute Gasteiger partial charge is 0.138 e. The van der Waals surface area contributed by atoms with Gasteiger partial charge in [-0.25, -0.2) is 4.98 Å². The number of aromatic nitrogens is 3. The molecular formula is C8H17N5O. The quantitative estimate of drug-likeness (QED) is 0.480. The van der Waals surface area contributed by atoms with Crippen LogP contribution in [0.3, 0.4) is 0 Å². The maximum Gasteiger partial charge on any atom is 0.138 e. The molecule has 0 aliphatic rings.